The van der Waals surface area contributed by atoms with E-state index in [1.807, 2.05) is 54.6 Å². The first-order valence-corrected chi connectivity index (χ1v) is 11.4. The fourth-order valence-corrected chi connectivity index (χ4v) is 4.19. The van der Waals surface area contributed by atoms with E-state index in [1.54, 1.807) is 16.4 Å². The minimum absolute atomic E-state index is 0.219. The first-order chi connectivity index (χ1) is 15.1. The minimum Gasteiger partial charge on any atom is -0.487 e. The minimum atomic E-state index is -1.24. The van der Waals surface area contributed by atoms with Crippen LogP contribution in [0.2, 0.25) is 0 Å². The second-order valence-corrected chi connectivity index (χ2v) is 8.38. The van der Waals surface area contributed by atoms with Crippen LogP contribution in [0.15, 0.2) is 66.9 Å². The van der Waals surface area contributed by atoms with Crippen molar-refractivity contribution in [3.63, 3.8) is 0 Å². The molecule has 0 saturated carbocycles. The number of benzene rings is 2. The van der Waals surface area contributed by atoms with Gasteiger partial charge in [-0.1, -0.05) is 36.4 Å². The van der Waals surface area contributed by atoms with Crippen molar-refractivity contribution in [2.75, 3.05) is 6.26 Å². The monoisotopic (exact) mass is 433 g/mol. The summed E-state index contributed by atoms with van der Waals surface area (Å²) in [5, 5.41) is 0.912. The molecule has 4 rings (SSSR count). The normalized spacial score (nSPS) is 12.1. The van der Waals surface area contributed by atoms with Gasteiger partial charge >= 0.3 is 0 Å². The van der Waals surface area contributed by atoms with Crippen molar-refractivity contribution in [2.24, 2.45) is 5.73 Å². The Morgan fingerprint density at radius 3 is 2.74 bits per heavy atom. The summed E-state index contributed by atoms with van der Waals surface area (Å²) in [4.78, 5) is 15.7. The standard InChI is InChI=1S/C24H23N3O3S/c1-31(29)27-11-9-21-22(19-7-4-5-17(13-19)15-25)14-20(26-24(21)27)16-30-23-8-3-2-6-18(23)10-12-28/h2-9,11-14H,10,15-16,25H2,1H3. The molecular formula is C24H23N3O3S. The lowest BCUT2D eigenvalue weighted by Gasteiger charge is -2.12. The van der Waals surface area contributed by atoms with Crippen LogP contribution in [0.25, 0.3) is 22.2 Å². The van der Waals surface area contributed by atoms with Crippen molar-refractivity contribution in [2.45, 2.75) is 19.6 Å². The molecule has 2 heterocycles. The molecule has 2 N–H and O–H groups in total. The Morgan fingerprint density at radius 2 is 1.97 bits per heavy atom. The van der Waals surface area contributed by atoms with E-state index in [0.29, 0.717) is 23.6 Å². The number of aromatic nitrogens is 2. The highest BCUT2D eigenvalue weighted by atomic mass is 32.2. The molecule has 0 spiro atoms. The van der Waals surface area contributed by atoms with E-state index in [1.165, 1.54) is 0 Å². The quantitative estimate of drug-likeness (QED) is 0.429. The molecule has 0 amide bonds. The summed E-state index contributed by atoms with van der Waals surface area (Å²) in [6, 6.07) is 19.4. The van der Waals surface area contributed by atoms with Crippen molar-refractivity contribution >= 4 is 28.3 Å². The average molecular weight is 434 g/mol. The van der Waals surface area contributed by atoms with E-state index in [4.69, 9.17) is 15.5 Å². The second-order valence-electron chi connectivity index (χ2n) is 7.14. The molecule has 0 aliphatic rings. The molecule has 0 aliphatic heterocycles. The van der Waals surface area contributed by atoms with E-state index >= 15 is 0 Å². The number of para-hydroxylation sites is 1. The van der Waals surface area contributed by atoms with E-state index < -0.39 is 11.0 Å². The van der Waals surface area contributed by atoms with Gasteiger partial charge in [0.25, 0.3) is 0 Å². The highest BCUT2D eigenvalue weighted by Crippen LogP contribution is 2.31. The molecule has 4 aromatic rings. The Kier molecular flexibility index (Phi) is 6.25. The summed E-state index contributed by atoms with van der Waals surface area (Å²) in [7, 11) is -1.24. The van der Waals surface area contributed by atoms with E-state index in [0.717, 1.165) is 33.9 Å². The summed E-state index contributed by atoms with van der Waals surface area (Å²) in [5.74, 6) is 0.651. The van der Waals surface area contributed by atoms with Crippen LogP contribution in [-0.4, -0.2) is 25.7 Å². The predicted molar refractivity (Wildman–Crippen MR) is 123 cm³/mol. The number of rotatable bonds is 8. The van der Waals surface area contributed by atoms with Gasteiger partial charge in [0.2, 0.25) is 0 Å². The fraction of sp³-hybridized carbons (Fsp3) is 0.167. The van der Waals surface area contributed by atoms with Crippen LogP contribution in [0.4, 0.5) is 0 Å². The van der Waals surface area contributed by atoms with E-state index in [-0.39, 0.29) is 13.0 Å². The number of ether oxygens (including phenoxy) is 1. The molecule has 7 heteroatoms. The molecule has 158 valence electrons. The van der Waals surface area contributed by atoms with Crippen molar-refractivity contribution in [1.29, 1.82) is 0 Å². The molecule has 6 nitrogen and oxygen atoms in total. The van der Waals surface area contributed by atoms with Crippen molar-refractivity contribution in [1.82, 2.24) is 8.96 Å². The lowest BCUT2D eigenvalue weighted by atomic mass is 10.0. The number of aldehydes is 1. The third-order valence-electron chi connectivity index (χ3n) is 5.08. The molecule has 0 saturated heterocycles. The number of pyridine rings is 1. The maximum absolute atomic E-state index is 12.2. The highest BCUT2D eigenvalue weighted by Gasteiger charge is 2.14. The van der Waals surface area contributed by atoms with Gasteiger partial charge in [-0.2, -0.15) is 0 Å². The Morgan fingerprint density at radius 1 is 1.13 bits per heavy atom. The molecular weight excluding hydrogens is 410 g/mol. The number of nitrogens with two attached hydrogens (primary N) is 1. The van der Waals surface area contributed by atoms with Gasteiger partial charge in [0, 0.05) is 36.4 Å². The first-order valence-electron chi connectivity index (χ1n) is 9.89. The number of carbonyl (C=O) groups excluding carboxylic acids is 1. The Labute approximate surface area is 183 Å². The molecule has 2 aromatic carbocycles. The lowest BCUT2D eigenvalue weighted by molar-refractivity contribution is -0.107. The maximum Gasteiger partial charge on any atom is 0.152 e. The third-order valence-corrected chi connectivity index (χ3v) is 5.93. The second kappa shape index (κ2) is 9.24. The fourth-order valence-electron chi connectivity index (χ4n) is 3.58. The number of fused-ring (bicyclic) bond motifs is 1. The number of nitrogens with zero attached hydrogens (tertiary/aromatic N) is 2. The van der Waals surface area contributed by atoms with Gasteiger partial charge in [0.05, 0.1) is 5.69 Å². The Hall–Kier alpha value is -3.29. The van der Waals surface area contributed by atoms with Crippen molar-refractivity contribution in [3.8, 4) is 16.9 Å². The van der Waals surface area contributed by atoms with Crippen LogP contribution >= 0.6 is 0 Å². The topological polar surface area (TPSA) is 87.2 Å². The zero-order valence-electron chi connectivity index (χ0n) is 17.2. The summed E-state index contributed by atoms with van der Waals surface area (Å²) < 4.78 is 19.9. The molecule has 1 unspecified atom stereocenters. The molecule has 0 aliphatic carbocycles. The van der Waals surface area contributed by atoms with Gasteiger partial charge in [0.15, 0.2) is 5.65 Å². The Balaban J connectivity index is 1.78. The van der Waals surface area contributed by atoms with E-state index in [2.05, 4.69) is 6.07 Å². The highest BCUT2D eigenvalue weighted by molar-refractivity contribution is 7.82. The predicted octanol–water partition coefficient (Wildman–Crippen LogP) is 3.62. The van der Waals surface area contributed by atoms with Crippen LogP contribution in [0, 0.1) is 0 Å². The summed E-state index contributed by atoms with van der Waals surface area (Å²) in [6.45, 7) is 0.669. The molecule has 0 fully saturated rings. The maximum atomic E-state index is 12.2. The van der Waals surface area contributed by atoms with Gasteiger partial charge in [0.1, 0.15) is 29.6 Å². The summed E-state index contributed by atoms with van der Waals surface area (Å²) in [6.07, 6.45) is 4.55. The zero-order chi connectivity index (χ0) is 21.8. The summed E-state index contributed by atoms with van der Waals surface area (Å²) >= 11 is 0. The van der Waals surface area contributed by atoms with Gasteiger partial charge in [-0.3, -0.25) is 3.97 Å². The lowest BCUT2D eigenvalue weighted by Crippen LogP contribution is -2.05. The van der Waals surface area contributed by atoms with Crippen LogP contribution in [0.1, 0.15) is 16.8 Å². The first kappa shape index (κ1) is 21.0. The molecule has 0 radical (unpaired) electrons. The van der Waals surface area contributed by atoms with Gasteiger partial charge in [-0.15, -0.1) is 0 Å². The van der Waals surface area contributed by atoms with Crippen LogP contribution < -0.4 is 10.5 Å². The molecule has 31 heavy (non-hydrogen) atoms. The average Bonchev–Trinajstić information content (AvgIpc) is 3.22. The third kappa shape index (κ3) is 4.42. The number of hydrogen-bond donors (Lipinski definition) is 1. The van der Waals surface area contributed by atoms with Crippen molar-refractivity contribution < 1.29 is 13.7 Å². The molecule has 0 bridgehead atoms. The number of carbonyl (C=O) groups is 1. The van der Waals surface area contributed by atoms with Crippen LogP contribution in [0.3, 0.4) is 0 Å². The van der Waals surface area contributed by atoms with Gasteiger partial charge in [-0.05, 0) is 41.0 Å². The Bertz CT molecular complexity index is 1270. The SMILES string of the molecule is CS(=O)n1ccc2c(-c3cccc(CN)c3)cc(COc3ccccc3CC=O)nc21. The van der Waals surface area contributed by atoms with E-state index in [9.17, 15) is 9.00 Å². The summed E-state index contributed by atoms with van der Waals surface area (Å²) in [5.41, 5.74) is 11.0. The molecule has 2 aromatic heterocycles. The van der Waals surface area contributed by atoms with Gasteiger partial charge in [-0.25, -0.2) is 9.19 Å². The zero-order valence-corrected chi connectivity index (χ0v) is 18.0. The van der Waals surface area contributed by atoms with Crippen molar-refractivity contribution in [3.05, 3.63) is 83.7 Å². The van der Waals surface area contributed by atoms with Crippen LogP contribution in [0.5, 0.6) is 5.75 Å². The van der Waals surface area contributed by atoms with Gasteiger partial charge < -0.3 is 15.3 Å². The van der Waals surface area contributed by atoms with Crippen LogP contribution in [-0.2, 0) is 35.4 Å². The molecule has 1 atom stereocenters. The smallest absolute Gasteiger partial charge is 0.152 e. The number of hydrogen-bond acceptors (Lipinski definition) is 5. The largest absolute Gasteiger partial charge is 0.487 e.